The minimum atomic E-state index is -2.21. The minimum absolute atomic E-state index is 1.51. The highest BCUT2D eigenvalue weighted by atomic mass is 35.6. The molecule has 0 unspecified atom stereocenters. The van der Waals surface area contributed by atoms with Crippen LogP contribution in [-0.2, 0) is 0 Å². The summed E-state index contributed by atoms with van der Waals surface area (Å²) in [5, 5.41) is 0. The maximum Gasteiger partial charge on any atom is 0.230 e. The van der Waals surface area contributed by atoms with Gasteiger partial charge in [-0.1, -0.05) is 0 Å². The van der Waals surface area contributed by atoms with Crippen LogP contribution in [0.25, 0.3) is 0 Å². The van der Waals surface area contributed by atoms with Crippen molar-refractivity contribution in [3.8, 4) is 0 Å². The van der Waals surface area contributed by atoms with E-state index >= 15 is 0 Å². The Morgan fingerprint density at radius 2 is 1.80 bits per heavy atom. The van der Waals surface area contributed by atoms with Crippen molar-refractivity contribution in [1.29, 1.82) is 0 Å². The monoisotopic (exact) mass is 116 g/mol. The van der Waals surface area contributed by atoms with E-state index in [1.54, 1.807) is 0 Å². The average Bonchev–Trinajstić information content (AvgIpc) is 1.38. The third-order valence-electron chi connectivity index (χ3n) is 0.117. The van der Waals surface area contributed by atoms with E-state index < -0.39 is 14.9 Å². The Morgan fingerprint density at radius 3 is 1.80 bits per heavy atom. The van der Waals surface area contributed by atoms with E-state index in [2.05, 4.69) is 0 Å². The van der Waals surface area contributed by atoms with Gasteiger partial charge in [-0.05, 0) is 0 Å². The fourth-order valence-corrected chi connectivity index (χ4v) is 0. The van der Waals surface area contributed by atoms with Gasteiger partial charge in [0.15, 0.2) is 0 Å². The van der Waals surface area contributed by atoms with Crippen molar-refractivity contribution in [2.24, 2.45) is 0 Å². The van der Waals surface area contributed by atoms with Crippen LogP contribution >= 0.6 is 11.1 Å². The standard InChI is InChI=1S/CH3ClF2Si/c2-5-1(3)4/h1H,5H2. The molecular weight excluding hydrogens is 114 g/mol. The first-order chi connectivity index (χ1) is 2.27. The summed E-state index contributed by atoms with van der Waals surface area (Å²) in [5.74, 6) is 0. The Balaban J connectivity index is 2.54. The third kappa shape index (κ3) is 4.37. The lowest BCUT2D eigenvalue weighted by atomic mass is 11.7. The first-order valence-electron chi connectivity index (χ1n) is 1.11. The van der Waals surface area contributed by atoms with Crippen molar-refractivity contribution in [2.45, 2.75) is 6.05 Å². The SMILES string of the molecule is FC(F)[SiH2]Cl. The van der Waals surface area contributed by atoms with Crippen LogP contribution in [0.2, 0.25) is 0 Å². The molecule has 0 nitrogen and oxygen atoms in total. The van der Waals surface area contributed by atoms with Crippen molar-refractivity contribution in [3.63, 3.8) is 0 Å². The molecule has 0 aliphatic rings. The fraction of sp³-hybridized carbons (Fsp3) is 1.00. The summed E-state index contributed by atoms with van der Waals surface area (Å²) < 4.78 is 21.4. The molecule has 0 rings (SSSR count). The van der Waals surface area contributed by atoms with E-state index in [4.69, 9.17) is 11.1 Å². The van der Waals surface area contributed by atoms with Crippen molar-refractivity contribution in [1.82, 2.24) is 0 Å². The Kier molecular flexibility index (Phi) is 2.79. The molecule has 0 aliphatic carbocycles. The molecule has 32 valence electrons. The van der Waals surface area contributed by atoms with E-state index in [-0.39, 0.29) is 0 Å². The van der Waals surface area contributed by atoms with Gasteiger partial charge in [0.2, 0.25) is 14.9 Å². The number of hydrogen-bond donors (Lipinski definition) is 0. The van der Waals surface area contributed by atoms with Crippen LogP contribution in [0.5, 0.6) is 0 Å². The molecule has 0 N–H and O–H groups in total. The fourth-order valence-electron chi connectivity index (χ4n) is 0. The van der Waals surface area contributed by atoms with E-state index in [1.165, 1.54) is 0 Å². The van der Waals surface area contributed by atoms with Crippen LogP contribution < -0.4 is 0 Å². The second kappa shape index (κ2) is 2.60. The summed E-state index contributed by atoms with van der Waals surface area (Å²) in [6, 6.07) is -2.21. The molecule has 0 saturated heterocycles. The van der Waals surface area contributed by atoms with E-state index in [1.807, 2.05) is 0 Å². The highest BCUT2D eigenvalue weighted by Crippen LogP contribution is 1.88. The van der Waals surface area contributed by atoms with Gasteiger partial charge in [-0.15, -0.1) is 0 Å². The zero-order valence-corrected chi connectivity index (χ0v) is 4.59. The molecule has 4 heteroatoms. The lowest BCUT2D eigenvalue weighted by Gasteiger charge is -1.78. The van der Waals surface area contributed by atoms with Gasteiger partial charge >= 0.3 is 0 Å². The molecule has 0 heterocycles. The molecule has 0 bridgehead atoms. The number of rotatable bonds is 1. The van der Waals surface area contributed by atoms with Gasteiger partial charge in [0.05, 0.1) is 0 Å². The van der Waals surface area contributed by atoms with Gasteiger partial charge in [0.25, 0.3) is 0 Å². The normalized spacial score (nSPS) is 12.0. The van der Waals surface area contributed by atoms with E-state index in [9.17, 15) is 8.78 Å². The third-order valence-corrected chi connectivity index (χ3v) is 1.05. The number of alkyl halides is 2. The molecular formula is CH3ClF2Si. The topological polar surface area (TPSA) is 0 Å². The summed E-state index contributed by atoms with van der Waals surface area (Å²) in [7, 11) is -1.51. The van der Waals surface area contributed by atoms with Gasteiger partial charge < -0.3 is 0 Å². The smallest absolute Gasteiger partial charge is 0.215 e. The van der Waals surface area contributed by atoms with Gasteiger partial charge in [-0.3, -0.25) is 0 Å². The Morgan fingerprint density at radius 1 is 1.60 bits per heavy atom. The first kappa shape index (κ1) is 5.37. The predicted octanol–water partition coefficient (Wildman–Crippen LogP) is 0.532. The largest absolute Gasteiger partial charge is 0.230 e. The van der Waals surface area contributed by atoms with E-state index in [0.717, 1.165) is 0 Å². The second-order valence-electron chi connectivity index (χ2n) is 0.545. The summed E-state index contributed by atoms with van der Waals surface area (Å²) in [6.07, 6.45) is 0. The minimum Gasteiger partial charge on any atom is -0.215 e. The van der Waals surface area contributed by atoms with Crippen LogP contribution in [0.3, 0.4) is 0 Å². The summed E-state index contributed by atoms with van der Waals surface area (Å²) in [4.78, 5) is 0. The number of hydrogen-bond acceptors (Lipinski definition) is 0. The quantitative estimate of drug-likeness (QED) is 0.346. The zero-order valence-electron chi connectivity index (χ0n) is 2.42. The Labute approximate surface area is 35.7 Å². The Hall–Kier alpha value is 0.367. The molecule has 0 amide bonds. The van der Waals surface area contributed by atoms with Crippen molar-refractivity contribution in [3.05, 3.63) is 0 Å². The molecule has 0 aliphatic heterocycles. The highest BCUT2D eigenvalue weighted by Gasteiger charge is 1.95. The summed E-state index contributed by atoms with van der Waals surface area (Å²) >= 11 is 4.73. The van der Waals surface area contributed by atoms with Crippen molar-refractivity contribution in [2.75, 3.05) is 0 Å². The Bertz CT molecular complexity index is 23.6. The van der Waals surface area contributed by atoms with Crippen molar-refractivity contribution < 1.29 is 8.78 Å². The maximum atomic E-state index is 10.7. The average molecular weight is 117 g/mol. The molecule has 0 aromatic rings. The van der Waals surface area contributed by atoms with E-state index in [0.29, 0.717) is 0 Å². The predicted molar refractivity (Wildman–Crippen MR) is 20.4 cm³/mol. The van der Waals surface area contributed by atoms with Gasteiger partial charge in [0, 0.05) is 0 Å². The van der Waals surface area contributed by atoms with Crippen LogP contribution in [-0.4, -0.2) is 14.9 Å². The van der Waals surface area contributed by atoms with Gasteiger partial charge in [-0.2, -0.15) is 11.1 Å². The molecule has 0 saturated carbocycles. The summed E-state index contributed by atoms with van der Waals surface area (Å²) in [6.45, 7) is 0. The lowest BCUT2D eigenvalue weighted by molar-refractivity contribution is 0.241. The van der Waals surface area contributed by atoms with Gasteiger partial charge in [-0.25, -0.2) is 8.78 Å². The molecule has 0 aromatic heterocycles. The van der Waals surface area contributed by atoms with Gasteiger partial charge in [0.1, 0.15) is 0 Å². The van der Waals surface area contributed by atoms with Crippen LogP contribution in [0.4, 0.5) is 8.78 Å². The molecule has 0 radical (unpaired) electrons. The second-order valence-corrected chi connectivity index (χ2v) is 2.40. The summed E-state index contributed by atoms with van der Waals surface area (Å²) in [5.41, 5.74) is 0. The van der Waals surface area contributed by atoms with Crippen LogP contribution in [0.15, 0.2) is 0 Å². The van der Waals surface area contributed by atoms with Crippen molar-refractivity contribution >= 4 is 19.9 Å². The van der Waals surface area contributed by atoms with Crippen LogP contribution in [0, 0.1) is 0 Å². The highest BCUT2D eigenvalue weighted by molar-refractivity contribution is 6.94. The molecule has 0 aromatic carbocycles. The maximum absolute atomic E-state index is 10.7. The lowest BCUT2D eigenvalue weighted by Crippen LogP contribution is -1.92. The first-order valence-corrected chi connectivity index (χ1v) is 4.07. The molecule has 5 heavy (non-hydrogen) atoms. The molecule has 0 spiro atoms. The molecule has 0 atom stereocenters. The molecule has 0 fully saturated rings. The number of halogens is 3. The zero-order chi connectivity index (χ0) is 4.28. The van der Waals surface area contributed by atoms with Crippen LogP contribution in [0.1, 0.15) is 0 Å².